The molecule has 0 aliphatic carbocycles. The summed E-state index contributed by atoms with van der Waals surface area (Å²) in [6.07, 6.45) is 0. The van der Waals surface area contributed by atoms with E-state index in [0.29, 0.717) is 17.9 Å². The van der Waals surface area contributed by atoms with Gasteiger partial charge >= 0.3 is 5.69 Å². The van der Waals surface area contributed by atoms with Gasteiger partial charge in [0.1, 0.15) is 16.6 Å². The Labute approximate surface area is 147 Å². The molecule has 24 heavy (non-hydrogen) atoms. The van der Waals surface area contributed by atoms with Gasteiger partial charge in [-0.1, -0.05) is 35.3 Å². The van der Waals surface area contributed by atoms with Crippen molar-refractivity contribution in [2.75, 3.05) is 7.11 Å². The third-order valence-electron chi connectivity index (χ3n) is 3.79. The number of aromatic nitrogens is 2. The van der Waals surface area contributed by atoms with E-state index in [9.17, 15) is 10.1 Å². The Bertz CT molecular complexity index is 936. The first-order valence-corrected chi connectivity index (χ1v) is 7.80. The van der Waals surface area contributed by atoms with Gasteiger partial charge in [-0.05, 0) is 30.7 Å². The number of hydrogen-bond donors (Lipinski definition) is 0. The van der Waals surface area contributed by atoms with E-state index < -0.39 is 4.92 Å². The maximum absolute atomic E-state index is 11.3. The topological polar surface area (TPSA) is 70.2 Å². The Balaban J connectivity index is 2.14. The van der Waals surface area contributed by atoms with E-state index in [1.54, 1.807) is 20.1 Å². The first-order chi connectivity index (χ1) is 11.4. The summed E-state index contributed by atoms with van der Waals surface area (Å²) in [5.74, 6) is 1.40. The highest BCUT2D eigenvalue weighted by atomic mass is 35.5. The lowest BCUT2D eigenvalue weighted by atomic mass is 10.2. The number of fused-ring (bicyclic) bond motifs is 1. The van der Waals surface area contributed by atoms with Gasteiger partial charge < -0.3 is 9.30 Å². The van der Waals surface area contributed by atoms with Crippen molar-refractivity contribution in [1.29, 1.82) is 0 Å². The molecule has 1 heterocycles. The van der Waals surface area contributed by atoms with Gasteiger partial charge in [0, 0.05) is 6.54 Å². The van der Waals surface area contributed by atoms with Gasteiger partial charge in [-0.3, -0.25) is 10.1 Å². The number of imidazole rings is 1. The fraction of sp³-hybridized carbons (Fsp3) is 0.188. The summed E-state index contributed by atoms with van der Waals surface area (Å²) in [4.78, 5) is 15.1. The van der Waals surface area contributed by atoms with Crippen LogP contribution in [0, 0.1) is 17.0 Å². The van der Waals surface area contributed by atoms with Crippen molar-refractivity contribution in [3.8, 4) is 5.75 Å². The molecule has 0 amide bonds. The SMILES string of the molecule is COc1ccc(Cn2c(C)nc3c([N+](=O)[O-])c(Cl)c(Cl)cc32)cc1. The smallest absolute Gasteiger partial charge is 0.317 e. The quantitative estimate of drug-likeness (QED) is 0.499. The minimum absolute atomic E-state index is 0.0942. The molecule has 1 aromatic heterocycles. The Hall–Kier alpha value is -2.31. The number of nitro benzene ring substituents is 1. The van der Waals surface area contributed by atoms with E-state index in [1.807, 2.05) is 28.8 Å². The van der Waals surface area contributed by atoms with Crippen LogP contribution < -0.4 is 4.74 Å². The predicted octanol–water partition coefficient (Wildman–Crippen LogP) is 4.62. The lowest BCUT2D eigenvalue weighted by Crippen LogP contribution is -2.02. The second kappa shape index (κ2) is 6.30. The molecule has 0 fully saturated rings. The van der Waals surface area contributed by atoms with Crippen LogP contribution in [-0.2, 0) is 6.54 Å². The number of aryl methyl sites for hydroxylation is 1. The van der Waals surface area contributed by atoms with E-state index in [4.69, 9.17) is 27.9 Å². The molecule has 2 aromatic carbocycles. The van der Waals surface area contributed by atoms with Gasteiger partial charge in [-0.2, -0.15) is 0 Å². The van der Waals surface area contributed by atoms with Crippen LogP contribution in [0.25, 0.3) is 11.0 Å². The Morgan fingerprint density at radius 1 is 1.29 bits per heavy atom. The first kappa shape index (κ1) is 16.5. The molecule has 8 heteroatoms. The summed E-state index contributed by atoms with van der Waals surface area (Å²) in [6.45, 7) is 2.29. The van der Waals surface area contributed by atoms with E-state index in [2.05, 4.69) is 4.98 Å². The van der Waals surface area contributed by atoms with Crippen LogP contribution in [0.15, 0.2) is 30.3 Å². The maximum Gasteiger partial charge on any atom is 0.317 e. The fourth-order valence-electron chi connectivity index (χ4n) is 2.58. The first-order valence-electron chi connectivity index (χ1n) is 7.04. The Morgan fingerprint density at radius 2 is 1.96 bits per heavy atom. The number of nitrogens with zero attached hydrogens (tertiary/aromatic N) is 3. The fourth-order valence-corrected chi connectivity index (χ4v) is 2.99. The summed E-state index contributed by atoms with van der Waals surface area (Å²) >= 11 is 12.1. The monoisotopic (exact) mass is 365 g/mol. The van der Waals surface area contributed by atoms with Crippen molar-refractivity contribution in [3.05, 3.63) is 61.9 Å². The van der Waals surface area contributed by atoms with Crippen molar-refractivity contribution >= 4 is 39.9 Å². The van der Waals surface area contributed by atoms with E-state index in [1.165, 1.54) is 0 Å². The second-order valence-corrected chi connectivity index (χ2v) is 6.02. The molecule has 3 rings (SSSR count). The van der Waals surface area contributed by atoms with Gasteiger partial charge in [0.2, 0.25) is 0 Å². The van der Waals surface area contributed by atoms with Crippen LogP contribution in [0.1, 0.15) is 11.4 Å². The number of methoxy groups -OCH3 is 1. The molecule has 124 valence electrons. The zero-order valence-corrected chi connectivity index (χ0v) is 14.4. The van der Waals surface area contributed by atoms with Crippen LogP contribution in [0.2, 0.25) is 10.0 Å². The summed E-state index contributed by atoms with van der Waals surface area (Å²) in [5.41, 5.74) is 1.55. The highest BCUT2D eigenvalue weighted by Crippen LogP contribution is 2.38. The molecule has 0 aliphatic rings. The molecule has 0 N–H and O–H groups in total. The summed E-state index contributed by atoms with van der Waals surface area (Å²) in [6, 6.07) is 9.17. The lowest BCUT2D eigenvalue weighted by Gasteiger charge is -2.08. The van der Waals surface area contributed by atoms with Crippen molar-refractivity contribution in [2.45, 2.75) is 13.5 Å². The zero-order chi connectivity index (χ0) is 17.4. The van der Waals surface area contributed by atoms with Gasteiger partial charge in [0.25, 0.3) is 0 Å². The molecular weight excluding hydrogens is 353 g/mol. The van der Waals surface area contributed by atoms with Gasteiger partial charge in [0.15, 0.2) is 5.52 Å². The van der Waals surface area contributed by atoms with E-state index >= 15 is 0 Å². The molecule has 0 atom stereocenters. The molecule has 0 aliphatic heterocycles. The molecule has 0 bridgehead atoms. The number of nitro groups is 1. The second-order valence-electron chi connectivity index (χ2n) is 5.24. The summed E-state index contributed by atoms with van der Waals surface area (Å²) in [7, 11) is 1.60. The number of hydrogen-bond acceptors (Lipinski definition) is 4. The third-order valence-corrected chi connectivity index (χ3v) is 4.56. The lowest BCUT2D eigenvalue weighted by molar-refractivity contribution is -0.383. The minimum Gasteiger partial charge on any atom is -0.497 e. The molecule has 3 aromatic rings. The van der Waals surface area contributed by atoms with Crippen molar-refractivity contribution in [3.63, 3.8) is 0 Å². The van der Waals surface area contributed by atoms with Crippen molar-refractivity contribution < 1.29 is 9.66 Å². The maximum atomic E-state index is 11.3. The van der Waals surface area contributed by atoms with Gasteiger partial charge in [-0.15, -0.1) is 0 Å². The van der Waals surface area contributed by atoms with Crippen LogP contribution in [0.4, 0.5) is 5.69 Å². The number of benzene rings is 2. The molecule has 6 nitrogen and oxygen atoms in total. The number of halogens is 2. The predicted molar refractivity (Wildman–Crippen MR) is 93.2 cm³/mol. The summed E-state index contributed by atoms with van der Waals surface area (Å²) in [5, 5.41) is 11.4. The highest BCUT2D eigenvalue weighted by molar-refractivity contribution is 6.44. The number of rotatable bonds is 4. The van der Waals surface area contributed by atoms with Crippen molar-refractivity contribution in [2.24, 2.45) is 0 Å². The minimum atomic E-state index is -0.555. The average molecular weight is 366 g/mol. The van der Waals surface area contributed by atoms with Gasteiger partial charge in [0.05, 0.1) is 22.6 Å². The van der Waals surface area contributed by atoms with Crippen LogP contribution >= 0.6 is 23.2 Å². The molecule has 0 saturated carbocycles. The molecular formula is C16H13Cl2N3O3. The Morgan fingerprint density at radius 3 is 2.54 bits per heavy atom. The van der Waals surface area contributed by atoms with Crippen LogP contribution in [0.5, 0.6) is 5.75 Å². The molecule has 0 spiro atoms. The normalized spacial score (nSPS) is 11.0. The highest BCUT2D eigenvalue weighted by Gasteiger charge is 2.25. The average Bonchev–Trinajstić information content (AvgIpc) is 2.84. The van der Waals surface area contributed by atoms with Crippen LogP contribution in [0.3, 0.4) is 0 Å². The molecule has 0 saturated heterocycles. The van der Waals surface area contributed by atoms with Crippen molar-refractivity contribution in [1.82, 2.24) is 9.55 Å². The van der Waals surface area contributed by atoms with Crippen LogP contribution in [-0.4, -0.2) is 21.6 Å². The zero-order valence-electron chi connectivity index (χ0n) is 12.9. The molecule has 0 radical (unpaired) electrons. The third kappa shape index (κ3) is 2.79. The van der Waals surface area contributed by atoms with Gasteiger partial charge in [-0.25, -0.2) is 4.98 Å². The standard InChI is InChI=1S/C16H13Cl2N3O3/c1-9-19-15-13(7-12(17)14(18)16(15)21(22)23)20(9)8-10-3-5-11(24-2)6-4-10/h3-7H,8H2,1-2H3. The Kier molecular flexibility index (Phi) is 4.34. The van der Waals surface area contributed by atoms with E-state index in [-0.39, 0.29) is 21.2 Å². The summed E-state index contributed by atoms with van der Waals surface area (Å²) < 4.78 is 7.01. The number of ether oxygens (including phenoxy) is 1. The van der Waals surface area contributed by atoms with E-state index in [0.717, 1.165) is 11.3 Å². The molecule has 0 unspecified atom stereocenters. The largest absolute Gasteiger partial charge is 0.497 e.